The second-order valence-corrected chi connectivity index (χ2v) is 7.01. The Morgan fingerprint density at radius 1 is 1.09 bits per heavy atom. The summed E-state index contributed by atoms with van der Waals surface area (Å²) >= 11 is 0. The van der Waals surface area contributed by atoms with E-state index in [2.05, 4.69) is 0 Å². The van der Waals surface area contributed by atoms with E-state index in [0.29, 0.717) is 32.6 Å². The standard InChI is InChI=1S/C18H26N2O3/c1-14-6-5-7-15(12-14)13-16(21)19-8-10-20(11-9-19)17(22)23-18(2,3)4/h5-7,12H,8-11,13H2,1-4H3. The molecule has 23 heavy (non-hydrogen) atoms. The van der Waals surface area contributed by atoms with Crippen molar-refractivity contribution in [3.8, 4) is 0 Å². The van der Waals surface area contributed by atoms with E-state index in [1.165, 1.54) is 0 Å². The van der Waals surface area contributed by atoms with Crippen molar-refractivity contribution in [1.82, 2.24) is 9.80 Å². The number of aryl methyl sites for hydroxylation is 1. The second kappa shape index (κ2) is 7.02. The van der Waals surface area contributed by atoms with Gasteiger partial charge in [0, 0.05) is 26.2 Å². The molecule has 0 saturated carbocycles. The zero-order chi connectivity index (χ0) is 17.0. The SMILES string of the molecule is Cc1cccc(CC(=O)N2CCN(C(=O)OC(C)(C)C)CC2)c1. The highest BCUT2D eigenvalue weighted by molar-refractivity contribution is 5.79. The second-order valence-electron chi connectivity index (χ2n) is 7.01. The molecule has 5 heteroatoms. The Labute approximate surface area is 138 Å². The molecule has 1 aliphatic rings. The summed E-state index contributed by atoms with van der Waals surface area (Å²) in [5.74, 6) is 0.111. The number of ether oxygens (including phenoxy) is 1. The van der Waals surface area contributed by atoms with Crippen molar-refractivity contribution in [1.29, 1.82) is 0 Å². The number of hydrogen-bond donors (Lipinski definition) is 0. The topological polar surface area (TPSA) is 49.9 Å². The van der Waals surface area contributed by atoms with Crippen LogP contribution in [0.2, 0.25) is 0 Å². The molecule has 1 heterocycles. The first-order chi connectivity index (χ1) is 10.7. The van der Waals surface area contributed by atoms with Gasteiger partial charge in [-0.15, -0.1) is 0 Å². The van der Waals surface area contributed by atoms with Crippen LogP contribution in [0, 0.1) is 6.92 Å². The fraction of sp³-hybridized carbons (Fsp3) is 0.556. The molecule has 1 aromatic carbocycles. The van der Waals surface area contributed by atoms with Gasteiger partial charge in [-0.2, -0.15) is 0 Å². The average Bonchev–Trinajstić information content (AvgIpc) is 2.45. The van der Waals surface area contributed by atoms with Crippen LogP contribution in [0.25, 0.3) is 0 Å². The minimum absolute atomic E-state index is 0.111. The Bertz CT molecular complexity index is 570. The Kier molecular flexibility index (Phi) is 5.29. The van der Waals surface area contributed by atoms with E-state index in [1.807, 2.05) is 56.9 Å². The fourth-order valence-corrected chi connectivity index (χ4v) is 2.57. The smallest absolute Gasteiger partial charge is 0.410 e. The first kappa shape index (κ1) is 17.3. The lowest BCUT2D eigenvalue weighted by atomic mass is 10.1. The van der Waals surface area contributed by atoms with Crippen LogP contribution in [0.15, 0.2) is 24.3 Å². The average molecular weight is 318 g/mol. The van der Waals surface area contributed by atoms with E-state index >= 15 is 0 Å². The van der Waals surface area contributed by atoms with Gasteiger partial charge in [0.05, 0.1) is 6.42 Å². The van der Waals surface area contributed by atoms with Gasteiger partial charge in [0.2, 0.25) is 5.91 Å². The minimum Gasteiger partial charge on any atom is -0.444 e. The van der Waals surface area contributed by atoms with Crippen molar-refractivity contribution < 1.29 is 14.3 Å². The third kappa shape index (κ3) is 5.27. The lowest BCUT2D eigenvalue weighted by Crippen LogP contribution is -2.51. The maximum absolute atomic E-state index is 12.4. The van der Waals surface area contributed by atoms with Crippen LogP contribution in [-0.4, -0.2) is 53.6 Å². The maximum atomic E-state index is 12.4. The quantitative estimate of drug-likeness (QED) is 0.842. The number of rotatable bonds is 2. The first-order valence-electron chi connectivity index (χ1n) is 8.06. The predicted octanol–water partition coefficient (Wildman–Crippen LogP) is 2.62. The zero-order valence-corrected chi connectivity index (χ0v) is 14.5. The lowest BCUT2D eigenvalue weighted by Gasteiger charge is -2.35. The van der Waals surface area contributed by atoms with E-state index in [1.54, 1.807) is 4.90 Å². The molecule has 5 nitrogen and oxygen atoms in total. The molecule has 126 valence electrons. The van der Waals surface area contributed by atoms with Crippen molar-refractivity contribution in [3.63, 3.8) is 0 Å². The highest BCUT2D eigenvalue weighted by Gasteiger charge is 2.27. The van der Waals surface area contributed by atoms with Crippen molar-refractivity contribution in [2.45, 2.75) is 39.7 Å². The van der Waals surface area contributed by atoms with E-state index < -0.39 is 5.60 Å². The van der Waals surface area contributed by atoms with Gasteiger partial charge in [-0.3, -0.25) is 4.79 Å². The highest BCUT2D eigenvalue weighted by atomic mass is 16.6. The molecule has 0 aromatic heterocycles. The van der Waals surface area contributed by atoms with E-state index in [4.69, 9.17) is 4.74 Å². The monoisotopic (exact) mass is 318 g/mol. The number of nitrogens with zero attached hydrogens (tertiary/aromatic N) is 2. The van der Waals surface area contributed by atoms with Gasteiger partial charge in [-0.1, -0.05) is 29.8 Å². The lowest BCUT2D eigenvalue weighted by molar-refractivity contribution is -0.132. The molecular weight excluding hydrogens is 292 g/mol. The summed E-state index contributed by atoms with van der Waals surface area (Å²) in [4.78, 5) is 27.9. The molecule has 0 aliphatic carbocycles. The number of piperazine rings is 1. The summed E-state index contributed by atoms with van der Waals surface area (Å²) < 4.78 is 5.37. The van der Waals surface area contributed by atoms with Crippen LogP contribution >= 0.6 is 0 Å². The molecule has 1 saturated heterocycles. The number of amides is 2. The Balaban J connectivity index is 1.84. The zero-order valence-electron chi connectivity index (χ0n) is 14.5. The first-order valence-corrected chi connectivity index (χ1v) is 8.06. The number of carbonyl (C=O) groups excluding carboxylic acids is 2. The van der Waals surface area contributed by atoms with Crippen LogP contribution in [0.4, 0.5) is 4.79 Å². The molecule has 1 aliphatic heterocycles. The highest BCUT2D eigenvalue weighted by Crippen LogP contribution is 2.13. The maximum Gasteiger partial charge on any atom is 0.410 e. The van der Waals surface area contributed by atoms with Crippen LogP contribution in [-0.2, 0) is 16.0 Å². The van der Waals surface area contributed by atoms with Gasteiger partial charge >= 0.3 is 6.09 Å². The Morgan fingerprint density at radius 3 is 2.26 bits per heavy atom. The third-order valence-electron chi connectivity index (χ3n) is 3.72. The van der Waals surface area contributed by atoms with Crippen molar-refractivity contribution in [2.75, 3.05) is 26.2 Å². The van der Waals surface area contributed by atoms with Gasteiger partial charge in [0.15, 0.2) is 0 Å². The Morgan fingerprint density at radius 2 is 1.70 bits per heavy atom. The van der Waals surface area contributed by atoms with Crippen molar-refractivity contribution in [2.24, 2.45) is 0 Å². The predicted molar refractivity (Wildman–Crippen MR) is 89.3 cm³/mol. The van der Waals surface area contributed by atoms with Crippen LogP contribution in [0.1, 0.15) is 31.9 Å². The van der Waals surface area contributed by atoms with E-state index in [-0.39, 0.29) is 12.0 Å². The molecule has 0 spiro atoms. The number of carbonyl (C=O) groups is 2. The van der Waals surface area contributed by atoms with Gasteiger partial charge in [-0.05, 0) is 33.3 Å². The summed E-state index contributed by atoms with van der Waals surface area (Å²) in [6, 6.07) is 8.00. The third-order valence-corrected chi connectivity index (χ3v) is 3.72. The largest absolute Gasteiger partial charge is 0.444 e. The fourth-order valence-electron chi connectivity index (χ4n) is 2.57. The van der Waals surface area contributed by atoms with Crippen LogP contribution < -0.4 is 0 Å². The molecule has 0 atom stereocenters. The summed E-state index contributed by atoms with van der Waals surface area (Å²) in [6.07, 6.45) is 0.108. The molecule has 0 bridgehead atoms. The van der Waals surface area contributed by atoms with Crippen molar-refractivity contribution in [3.05, 3.63) is 35.4 Å². The summed E-state index contributed by atoms with van der Waals surface area (Å²) in [5, 5.41) is 0. The van der Waals surface area contributed by atoms with Gasteiger partial charge in [0.25, 0.3) is 0 Å². The normalized spacial score (nSPS) is 15.5. The Hall–Kier alpha value is -2.04. The summed E-state index contributed by atoms with van der Waals surface area (Å²) in [6.45, 7) is 9.75. The molecule has 0 unspecified atom stereocenters. The van der Waals surface area contributed by atoms with Crippen molar-refractivity contribution >= 4 is 12.0 Å². The van der Waals surface area contributed by atoms with Gasteiger partial charge in [-0.25, -0.2) is 4.79 Å². The van der Waals surface area contributed by atoms with Crippen LogP contribution in [0.3, 0.4) is 0 Å². The molecule has 1 aromatic rings. The molecule has 2 amide bonds. The van der Waals surface area contributed by atoms with Gasteiger partial charge < -0.3 is 14.5 Å². The minimum atomic E-state index is -0.491. The molecule has 0 N–H and O–H groups in total. The molecule has 1 fully saturated rings. The molecule has 0 radical (unpaired) electrons. The molecule has 2 rings (SSSR count). The number of benzene rings is 1. The molecular formula is C18H26N2O3. The van der Waals surface area contributed by atoms with Gasteiger partial charge in [0.1, 0.15) is 5.60 Å². The number of hydrogen-bond acceptors (Lipinski definition) is 3. The van der Waals surface area contributed by atoms with E-state index in [9.17, 15) is 9.59 Å². The van der Waals surface area contributed by atoms with Crippen LogP contribution in [0.5, 0.6) is 0 Å². The van der Waals surface area contributed by atoms with E-state index in [0.717, 1.165) is 11.1 Å². The summed E-state index contributed by atoms with van der Waals surface area (Å²) in [7, 11) is 0. The summed E-state index contributed by atoms with van der Waals surface area (Å²) in [5.41, 5.74) is 1.70.